The fourth-order valence-electron chi connectivity index (χ4n) is 3.85. The van der Waals surface area contributed by atoms with Crippen LogP contribution in [0.1, 0.15) is 11.7 Å². The molecule has 2 N–H and O–H groups in total. The number of amides is 1. The van der Waals surface area contributed by atoms with Crippen molar-refractivity contribution in [2.45, 2.75) is 6.10 Å². The van der Waals surface area contributed by atoms with Crippen LogP contribution in [0.15, 0.2) is 66.7 Å². The molecule has 4 rings (SSSR count). The van der Waals surface area contributed by atoms with Crippen molar-refractivity contribution in [1.29, 1.82) is 0 Å². The lowest BCUT2D eigenvalue weighted by Crippen LogP contribution is -2.49. The number of aliphatic hydroxyl groups excluding tert-OH is 1. The molecule has 0 saturated carbocycles. The first-order valence-corrected chi connectivity index (χ1v) is 10.6. The van der Waals surface area contributed by atoms with Gasteiger partial charge in [-0.3, -0.25) is 14.6 Å². The Kier molecular flexibility index (Phi) is 6.65. The van der Waals surface area contributed by atoms with E-state index in [9.17, 15) is 9.90 Å². The lowest BCUT2D eigenvalue weighted by molar-refractivity contribution is -0.117. The van der Waals surface area contributed by atoms with Gasteiger partial charge in [-0.1, -0.05) is 60.1 Å². The van der Waals surface area contributed by atoms with Crippen LogP contribution in [-0.2, 0) is 4.79 Å². The van der Waals surface area contributed by atoms with Gasteiger partial charge in [0.05, 0.1) is 23.4 Å². The zero-order valence-corrected chi connectivity index (χ0v) is 17.6. The highest BCUT2D eigenvalue weighted by atomic mass is 35.5. The minimum atomic E-state index is -0.523. The van der Waals surface area contributed by atoms with Gasteiger partial charge in [-0.05, 0) is 34.5 Å². The number of nitrogens with one attached hydrogen (secondary N) is 1. The Morgan fingerprint density at radius 2 is 1.60 bits per heavy atom. The van der Waals surface area contributed by atoms with Gasteiger partial charge in [-0.25, -0.2) is 0 Å². The molecular weight excluding hydrogens is 398 g/mol. The first-order chi connectivity index (χ1) is 14.6. The van der Waals surface area contributed by atoms with Gasteiger partial charge in [0.25, 0.3) is 0 Å². The molecule has 5 nitrogen and oxygen atoms in total. The Labute approximate surface area is 181 Å². The number of aliphatic hydroxyl groups is 1. The van der Waals surface area contributed by atoms with E-state index in [0.29, 0.717) is 23.8 Å². The Hall–Kier alpha value is -2.44. The number of halogens is 1. The van der Waals surface area contributed by atoms with Crippen molar-refractivity contribution in [3.05, 3.63) is 77.3 Å². The van der Waals surface area contributed by atoms with Crippen LogP contribution in [0.5, 0.6) is 0 Å². The van der Waals surface area contributed by atoms with E-state index in [4.69, 9.17) is 11.6 Å². The number of β-amino-alcohol motifs (C(OH)–C–C–N with tert-alkyl or cyclic N) is 1. The Morgan fingerprint density at radius 3 is 2.37 bits per heavy atom. The van der Waals surface area contributed by atoms with Crippen molar-refractivity contribution in [2.75, 3.05) is 44.6 Å². The van der Waals surface area contributed by atoms with Gasteiger partial charge >= 0.3 is 0 Å². The molecule has 1 aliphatic heterocycles. The molecule has 1 fully saturated rings. The predicted octanol–water partition coefficient (Wildman–Crippen LogP) is 3.78. The quantitative estimate of drug-likeness (QED) is 0.633. The molecule has 1 heterocycles. The van der Waals surface area contributed by atoms with E-state index in [1.165, 1.54) is 5.39 Å². The smallest absolute Gasteiger partial charge is 0.238 e. The Balaban J connectivity index is 1.25. The summed E-state index contributed by atoms with van der Waals surface area (Å²) in [7, 11) is 0. The van der Waals surface area contributed by atoms with E-state index in [2.05, 4.69) is 39.4 Å². The average Bonchev–Trinajstić information content (AvgIpc) is 2.76. The van der Waals surface area contributed by atoms with E-state index in [1.807, 2.05) is 30.3 Å². The third kappa shape index (κ3) is 5.18. The zero-order valence-electron chi connectivity index (χ0n) is 16.8. The largest absolute Gasteiger partial charge is 0.387 e. The number of para-hydroxylation sites is 1. The normalized spacial score (nSPS) is 16.5. The first-order valence-electron chi connectivity index (χ1n) is 10.2. The van der Waals surface area contributed by atoms with Crippen LogP contribution in [0.2, 0.25) is 5.02 Å². The van der Waals surface area contributed by atoms with Crippen LogP contribution >= 0.6 is 11.6 Å². The van der Waals surface area contributed by atoms with Gasteiger partial charge in [0.2, 0.25) is 5.91 Å². The zero-order chi connectivity index (χ0) is 20.9. The number of carbonyl (C=O) groups is 1. The summed E-state index contributed by atoms with van der Waals surface area (Å²) < 4.78 is 0. The average molecular weight is 424 g/mol. The number of nitrogens with zero attached hydrogens (tertiary/aromatic N) is 2. The second-order valence-corrected chi connectivity index (χ2v) is 8.13. The van der Waals surface area contributed by atoms with Gasteiger partial charge < -0.3 is 10.4 Å². The van der Waals surface area contributed by atoms with Crippen molar-refractivity contribution in [1.82, 2.24) is 9.80 Å². The van der Waals surface area contributed by atoms with Crippen LogP contribution in [0, 0.1) is 0 Å². The summed E-state index contributed by atoms with van der Waals surface area (Å²) in [4.78, 5) is 16.7. The molecule has 1 unspecified atom stereocenters. The SMILES string of the molecule is O=C(CN1CCN(CC(O)c2ccc3ccccc3c2)CC1)Nc1ccccc1Cl. The molecule has 0 spiro atoms. The molecule has 1 atom stereocenters. The molecule has 156 valence electrons. The van der Waals surface area contributed by atoms with Crippen LogP contribution in [-0.4, -0.2) is 60.1 Å². The van der Waals surface area contributed by atoms with Crippen LogP contribution < -0.4 is 5.32 Å². The van der Waals surface area contributed by atoms with Gasteiger partial charge in [-0.15, -0.1) is 0 Å². The fourth-order valence-corrected chi connectivity index (χ4v) is 4.03. The standard InChI is InChI=1S/C24H26ClN3O2/c25-21-7-3-4-8-22(21)26-24(30)17-28-13-11-27(12-14-28)16-23(29)20-10-9-18-5-1-2-6-19(18)15-20/h1-10,15,23,29H,11-14,16-17H2,(H,26,30). The highest BCUT2D eigenvalue weighted by Gasteiger charge is 2.21. The molecule has 30 heavy (non-hydrogen) atoms. The number of fused-ring (bicyclic) bond motifs is 1. The molecule has 0 radical (unpaired) electrons. The van der Waals surface area contributed by atoms with E-state index >= 15 is 0 Å². The minimum Gasteiger partial charge on any atom is -0.387 e. The van der Waals surface area contributed by atoms with Crippen LogP contribution in [0.3, 0.4) is 0 Å². The minimum absolute atomic E-state index is 0.0623. The van der Waals surface area contributed by atoms with Crippen molar-refractivity contribution < 1.29 is 9.90 Å². The van der Waals surface area contributed by atoms with Crippen molar-refractivity contribution >= 4 is 34.0 Å². The van der Waals surface area contributed by atoms with Crippen molar-refractivity contribution in [3.8, 4) is 0 Å². The summed E-state index contributed by atoms with van der Waals surface area (Å²) in [6, 6.07) is 21.5. The number of anilines is 1. The highest BCUT2D eigenvalue weighted by molar-refractivity contribution is 6.33. The molecule has 0 aliphatic carbocycles. The number of benzene rings is 3. The molecule has 3 aromatic rings. The predicted molar refractivity (Wildman–Crippen MR) is 122 cm³/mol. The summed E-state index contributed by atoms with van der Waals surface area (Å²) in [6.07, 6.45) is -0.523. The molecule has 0 bridgehead atoms. The first kappa shape index (κ1) is 20.8. The second-order valence-electron chi connectivity index (χ2n) is 7.73. The third-order valence-corrected chi connectivity index (χ3v) is 5.90. The molecule has 0 aromatic heterocycles. The molecule has 6 heteroatoms. The maximum atomic E-state index is 12.3. The van der Waals surface area contributed by atoms with Crippen LogP contribution in [0.4, 0.5) is 5.69 Å². The number of rotatable bonds is 6. The Bertz CT molecular complexity index is 1020. The summed E-state index contributed by atoms with van der Waals surface area (Å²) in [5.41, 5.74) is 1.58. The molecule has 1 amide bonds. The van der Waals surface area contributed by atoms with Gasteiger partial charge in [-0.2, -0.15) is 0 Å². The topological polar surface area (TPSA) is 55.8 Å². The number of hydrogen-bond acceptors (Lipinski definition) is 4. The summed E-state index contributed by atoms with van der Waals surface area (Å²) >= 11 is 6.10. The number of piperazine rings is 1. The van der Waals surface area contributed by atoms with E-state index in [0.717, 1.165) is 37.1 Å². The van der Waals surface area contributed by atoms with Gasteiger partial charge in [0, 0.05) is 32.7 Å². The molecule has 1 aliphatic rings. The monoisotopic (exact) mass is 423 g/mol. The van der Waals surface area contributed by atoms with Crippen molar-refractivity contribution in [3.63, 3.8) is 0 Å². The van der Waals surface area contributed by atoms with Gasteiger partial charge in [0.1, 0.15) is 0 Å². The fraction of sp³-hybridized carbons (Fsp3) is 0.292. The highest BCUT2D eigenvalue weighted by Crippen LogP contribution is 2.22. The van der Waals surface area contributed by atoms with Crippen LogP contribution in [0.25, 0.3) is 10.8 Å². The molecular formula is C24H26ClN3O2. The molecule has 1 saturated heterocycles. The lowest BCUT2D eigenvalue weighted by atomic mass is 10.0. The maximum Gasteiger partial charge on any atom is 0.238 e. The number of hydrogen-bond donors (Lipinski definition) is 2. The maximum absolute atomic E-state index is 12.3. The molecule has 3 aromatic carbocycles. The summed E-state index contributed by atoms with van der Waals surface area (Å²) in [5, 5.41) is 16.4. The summed E-state index contributed by atoms with van der Waals surface area (Å²) in [6.45, 7) is 4.17. The summed E-state index contributed by atoms with van der Waals surface area (Å²) in [5.74, 6) is -0.0623. The lowest BCUT2D eigenvalue weighted by Gasteiger charge is -2.35. The van der Waals surface area contributed by atoms with Gasteiger partial charge in [0.15, 0.2) is 0 Å². The van der Waals surface area contributed by atoms with E-state index in [1.54, 1.807) is 12.1 Å². The Morgan fingerprint density at radius 1 is 0.933 bits per heavy atom. The van der Waals surface area contributed by atoms with E-state index < -0.39 is 6.10 Å². The second kappa shape index (κ2) is 9.58. The third-order valence-electron chi connectivity index (χ3n) is 5.57. The van der Waals surface area contributed by atoms with E-state index in [-0.39, 0.29) is 5.91 Å². The van der Waals surface area contributed by atoms with Crippen molar-refractivity contribution in [2.24, 2.45) is 0 Å². The number of carbonyl (C=O) groups excluding carboxylic acids is 1.